The molecule has 0 spiro atoms. The highest BCUT2D eigenvalue weighted by Crippen LogP contribution is 2.33. The van der Waals surface area contributed by atoms with E-state index in [0.29, 0.717) is 36.1 Å². The second-order valence-electron chi connectivity index (χ2n) is 8.04. The van der Waals surface area contributed by atoms with Gasteiger partial charge in [0.25, 0.3) is 12.0 Å². The molecular weight excluding hydrogens is 400 g/mol. The summed E-state index contributed by atoms with van der Waals surface area (Å²) in [6.07, 6.45) is 0.250. The number of rotatable bonds is 5. The van der Waals surface area contributed by atoms with E-state index in [-0.39, 0.29) is 23.5 Å². The Morgan fingerprint density at radius 3 is 2.59 bits per heavy atom. The molecule has 4 rings (SSSR count). The lowest BCUT2D eigenvalue weighted by atomic mass is 10.0. The van der Waals surface area contributed by atoms with Crippen molar-refractivity contribution in [3.63, 3.8) is 0 Å². The van der Waals surface area contributed by atoms with E-state index in [0.717, 1.165) is 24.0 Å². The molecule has 158 valence electrons. The van der Waals surface area contributed by atoms with E-state index in [2.05, 4.69) is 9.88 Å². The molecule has 9 heteroatoms. The summed E-state index contributed by atoms with van der Waals surface area (Å²) in [5.74, 6) is 1.07. The van der Waals surface area contributed by atoms with Crippen LogP contribution >= 0.6 is 0 Å². The third-order valence-electron chi connectivity index (χ3n) is 6.04. The summed E-state index contributed by atoms with van der Waals surface area (Å²) in [6, 6.07) is 6.63. The van der Waals surface area contributed by atoms with Crippen molar-refractivity contribution in [3.8, 4) is 0 Å². The summed E-state index contributed by atoms with van der Waals surface area (Å²) in [5, 5.41) is 0.346. The van der Waals surface area contributed by atoms with Crippen LogP contribution in [0.1, 0.15) is 37.5 Å². The predicted octanol–water partition coefficient (Wildman–Crippen LogP) is 2.62. The van der Waals surface area contributed by atoms with Crippen LogP contribution in [0.15, 0.2) is 29.1 Å². The van der Waals surface area contributed by atoms with Crippen LogP contribution in [0.5, 0.6) is 0 Å². The summed E-state index contributed by atoms with van der Waals surface area (Å²) < 4.78 is 51.0. The van der Waals surface area contributed by atoms with Gasteiger partial charge < -0.3 is 0 Å². The first-order valence-corrected chi connectivity index (χ1v) is 11.9. The van der Waals surface area contributed by atoms with Crippen LogP contribution in [0.2, 0.25) is 0 Å². The van der Waals surface area contributed by atoms with E-state index in [1.165, 1.54) is 0 Å². The second kappa shape index (κ2) is 8.10. The van der Waals surface area contributed by atoms with Crippen molar-refractivity contribution in [2.24, 2.45) is 5.92 Å². The second-order valence-corrected chi connectivity index (χ2v) is 10.3. The molecule has 1 atom stereocenters. The minimum absolute atomic E-state index is 0.204. The van der Waals surface area contributed by atoms with Gasteiger partial charge in [-0.2, -0.15) is 0 Å². The molecule has 1 aromatic heterocycles. The molecule has 0 saturated carbocycles. The number of para-hydroxylation sites is 1. The fourth-order valence-corrected chi connectivity index (χ4v) is 6.13. The number of aromatic nitrogens is 2. The fourth-order valence-electron chi connectivity index (χ4n) is 4.54. The molecule has 2 aliphatic heterocycles. The topological polar surface area (TPSA) is 72.3 Å². The molecule has 2 fully saturated rings. The zero-order valence-electron chi connectivity index (χ0n) is 16.1. The highest BCUT2D eigenvalue weighted by molar-refractivity contribution is 7.91. The van der Waals surface area contributed by atoms with Crippen LogP contribution in [0.25, 0.3) is 10.9 Å². The Balaban J connectivity index is 1.66. The smallest absolute Gasteiger partial charge is 0.261 e. The van der Waals surface area contributed by atoms with Crippen molar-refractivity contribution in [3.05, 3.63) is 40.4 Å². The summed E-state index contributed by atoms with van der Waals surface area (Å²) in [7, 11) is -2.92. The lowest BCUT2D eigenvalue weighted by molar-refractivity contribution is 0.119. The van der Waals surface area contributed by atoms with E-state index < -0.39 is 28.4 Å². The number of sulfone groups is 1. The highest BCUT2D eigenvalue weighted by atomic mass is 32.2. The van der Waals surface area contributed by atoms with Gasteiger partial charge in [-0.1, -0.05) is 12.1 Å². The van der Waals surface area contributed by atoms with Gasteiger partial charge >= 0.3 is 0 Å². The Hall–Kier alpha value is -1.87. The normalized spacial score (nSPS) is 23.2. The summed E-state index contributed by atoms with van der Waals surface area (Å²) in [6.45, 7) is 0.834. The number of alkyl halides is 2. The Labute approximate surface area is 168 Å². The molecule has 29 heavy (non-hydrogen) atoms. The maximum atomic E-state index is 13.3. The van der Waals surface area contributed by atoms with Gasteiger partial charge in [-0.25, -0.2) is 22.2 Å². The molecule has 6 nitrogen and oxygen atoms in total. The van der Waals surface area contributed by atoms with Crippen molar-refractivity contribution in [2.75, 3.05) is 24.6 Å². The van der Waals surface area contributed by atoms with Gasteiger partial charge in [0, 0.05) is 6.54 Å². The van der Waals surface area contributed by atoms with Crippen molar-refractivity contribution < 1.29 is 17.2 Å². The first-order chi connectivity index (χ1) is 13.8. The van der Waals surface area contributed by atoms with E-state index in [1.807, 2.05) is 0 Å². The largest absolute Gasteiger partial charge is 0.293 e. The van der Waals surface area contributed by atoms with Gasteiger partial charge in [0.1, 0.15) is 15.7 Å². The van der Waals surface area contributed by atoms with Gasteiger partial charge in [0.15, 0.2) is 0 Å². The lowest BCUT2D eigenvalue weighted by Crippen LogP contribution is -2.37. The number of hydrogen-bond acceptors (Lipinski definition) is 5. The molecule has 2 saturated heterocycles. The number of halogens is 2. The van der Waals surface area contributed by atoms with Crippen LogP contribution in [-0.2, 0) is 16.4 Å². The molecule has 0 N–H and O–H groups in total. The average Bonchev–Trinajstić information content (AvgIpc) is 3.13. The number of likely N-dealkylation sites (tertiary alicyclic amines) is 1. The van der Waals surface area contributed by atoms with Crippen molar-refractivity contribution in [1.29, 1.82) is 0 Å². The first-order valence-electron chi connectivity index (χ1n) is 10.1. The van der Waals surface area contributed by atoms with E-state index in [1.54, 1.807) is 24.3 Å². The van der Waals surface area contributed by atoms with Gasteiger partial charge in [-0.05, 0) is 50.3 Å². The quantitative estimate of drug-likeness (QED) is 0.737. The minimum atomic E-state index is -2.92. The third kappa shape index (κ3) is 4.35. The maximum absolute atomic E-state index is 13.3. The number of benzene rings is 1. The Bertz CT molecular complexity index is 1040. The molecule has 0 radical (unpaired) electrons. The van der Waals surface area contributed by atoms with Crippen LogP contribution in [-0.4, -0.2) is 53.9 Å². The van der Waals surface area contributed by atoms with Crippen LogP contribution in [0, 0.1) is 5.92 Å². The molecule has 3 heterocycles. The van der Waals surface area contributed by atoms with Gasteiger partial charge in [-0.15, -0.1) is 0 Å². The SMILES string of the molecule is O=c1c2ccccc2nc(C2CCCN2CC2CCS(=O)(=O)CC2)n1CC(F)F. The number of fused-ring (bicyclic) bond motifs is 1. The number of hydrogen-bond donors (Lipinski definition) is 0. The average molecular weight is 426 g/mol. The summed E-state index contributed by atoms with van der Waals surface area (Å²) in [5.41, 5.74) is 0.0927. The van der Waals surface area contributed by atoms with Crippen molar-refractivity contribution in [1.82, 2.24) is 14.5 Å². The molecule has 0 bridgehead atoms. The molecule has 2 aliphatic rings. The summed E-state index contributed by atoms with van der Waals surface area (Å²) in [4.78, 5) is 19.7. The van der Waals surface area contributed by atoms with Gasteiger partial charge in [0.05, 0.1) is 35.0 Å². The zero-order chi connectivity index (χ0) is 20.6. The van der Waals surface area contributed by atoms with Crippen LogP contribution < -0.4 is 5.56 Å². The third-order valence-corrected chi connectivity index (χ3v) is 7.76. The first kappa shape index (κ1) is 20.4. The van der Waals surface area contributed by atoms with Gasteiger partial charge in [-0.3, -0.25) is 14.3 Å². The van der Waals surface area contributed by atoms with Crippen LogP contribution in [0.4, 0.5) is 8.78 Å². The Morgan fingerprint density at radius 2 is 1.86 bits per heavy atom. The Morgan fingerprint density at radius 1 is 1.14 bits per heavy atom. The zero-order valence-corrected chi connectivity index (χ0v) is 17.0. The summed E-state index contributed by atoms with van der Waals surface area (Å²) >= 11 is 0. The Kier molecular flexibility index (Phi) is 5.70. The minimum Gasteiger partial charge on any atom is -0.293 e. The molecule has 1 unspecified atom stereocenters. The van der Waals surface area contributed by atoms with Crippen LogP contribution in [0.3, 0.4) is 0 Å². The molecule has 2 aromatic rings. The monoisotopic (exact) mass is 425 g/mol. The standard InChI is InChI=1S/C20H25F2N3O3S/c21-18(22)13-25-19(23-16-5-2-1-4-15(16)20(25)26)17-6-3-9-24(17)12-14-7-10-29(27,28)11-8-14/h1-2,4-5,14,17-18H,3,6-13H2. The van der Waals surface area contributed by atoms with E-state index in [9.17, 15) is 22.0 Å². The molecule has 0 aliphatic carbocycles. The van der Waals surface area contributed by atoms with Crippen molar-refractivity contribution in [2.45, 2.75) is 44.7 Å². The van der Waals surface area contributed by atoms with E-state index >= 15 is 0 Å². The fraction of sp³-hybridized carbons (Fsp3) is 0.600. The highest BCUT2D eigenvalue weighted by Gasteiger charge is 2.34. The van der Waals surface area contributed by atoms with Crippen molar-refractivity contribution >= 4 is 20.7 Å². The number of nitrogens with zero attached hydrogens (tertiary/aromatic N) is 3. The molecular formula is C20H25F2N3O3S. The maximum Gasteiger partial charge on any atom is 0.261 e. The lowest BCUT2D eigenvalue weighted by Gasteiger charge is -2.31. The molecule has 1 aromatic carbocycles. The van der Waals surface area contributed by atoms with E-state index in [4.69, 9.17) is 0 Å². The predicted molar refractivity (Wildman–Crippen MR) is 107 cm³/mol. The van der Waals surface area contributed by atoms with Gasteiger partial charge in [0.2, 0.25) is 0 Å². The molecule has 0 amide bonds.